The molecule has 4 atom stereocenters. The second kappa shape index (κ2) is 8.78. The standard InChI is InChI=1S/C18H18F2N4O5S/c19-18(20)28-10-3-1-9(2-4-10)6-30-16-12-15(21-7-22-16)24(8-23-12)17-14(27)13(26)11(5-25)29-17/h1-4,7-8,11,13-14,17-18,25-27H,5-6H2/t11-,13-,14-,17-/m1/s1. The summed E-state index contributed by atoms with van der Waals surface area (Å²) in [5.74, 6) is 0.585. The Balaban J connectivity index is 1.51. The predicted molar refractivity (Wildman–Crippen MR) is 101 cm³/mol. The summed E-state index contributed by atoms with van der Waals surface area (Å²) in [5.41, 5.74) is 1.76. The van der Waals surface area contributed by atoms with Crippen molar-refractivity contribution in [3.63, 3.8) is 0 Å². The summed E-state index contributed by atoms with van der Waals surface area (Å²) < 4.78 is 35.8. The number of imidazole rings is 1. The van der Waals surface area contributed by atoms with Crippen LogP contribution in [0.3, 0.4) is 0 Å². The molecule has 0 bridgehead atoms. The monoisotopic (exact) mass is 440 g/mol. The number of hydrogen-bond acceptors (Lipinski definition) is 9. The molecule has 1 saturated heterocycles. The van der Waals surface area contributed by atoms with E-state index in [1.807, 2.05) is 0 Å². The summed E-state index contributed by atoms with van der Waals surface area (Å²) in [4.78, 5) is 12.8. The van der Waals surface area contributed by atoms with Crippen molar-refractivity contribution < 1.29 is 33.6 Å². The minimum Gasteiger partial charge on any atom is -0.435 e. The number of alkyl halides is 2. The van der Waals surface area contributed by atoms with Crippen LogP contribution in [0.5, 0.6) is 5.75 Å². The highest BCUT2D eigenvalue weighted by Gasteiger charge is 2.44. The van der Waals surface area contributed by atoms with Crippen molar-refractivity contribution in [2.24, 2.45) is 0 Å². The van der Waals surface area contributed by atoms with Gasteiger partial charge in [0.05, 0.1) is 12.9 Å². The zero-order valence-corrected chi connectivity index (χ0v) is 16.2. The third kappa shape index (κ3) is 4.09. The maximum Gasteiger partial charge on any atom is 0.387 e. The van der Waals surface area contributed by atoms with Crippen molar-refractivity contribution in [3.8, 4) is 5.75 Å². The molecule has 1 fully saturated rings. The molecule has 160 valence electrons. The third-order valence-electron chi connectivity index (χ3n) is 4.64. The average Bonchev–Trinajstić information content (AvgIpc) is 3.28. The van der Waals surface area contributed by atoms with Gasteiger partial charge in [-0.3, -0.25) is 4.57 Å². The van der Waals surface area contributed by atoms with Gasteiger partial charge in [-0.2, -0.15) is 8.78 Å². The van der Waals surface area contributed by atoms with E-state index >= 15 is 0 Å². The van der Waals surface area contributed by atoms with E-state index in [4.69, 9.17) is 4.74 Å². The molecule has 12 heteroatoms. The number of hydrogen-bond donors (Lipinski definition) is 3. The largest absolute Gasteiger partial charge is 0.435 e. The smallest absolute Gasteiger partial charge is 0.387 e. The van der Waals surface area contributed by atoms with Crippen LogP contribution in [0, 0.1) is 0 Å². The zero-order chi connectivity index (χ0) is 21.3. The highest BCUT2D eigenvalue weighted by atomic mass is 32.2. The lowest BCUT2D eigenvalue weighted by Gasteiger charge is -2.16. The number of nitrogens with zero attached hydrogens (tertiary/aromatic N) is 4. The molecule has 9 nitrogen and oxygen atoms in total. The Hall–Kier alpha value is -2.38. The zero-order valence-electron chi connectivity index (χ0n) is 15.4. The van der Waals surface area contributed by atoms with Crippen molar-refractivity contribution in [1.29, 1.82) is 0 Å². The summed E-state index contributed by atoms with van der Waals surface area (Å²) in [6.45, 7) is -3.30. The van der Waals surface area contributed by atoms with E-state index in [-0.39, 0.29) is 5.75 Å². The first kappa shape index (κ1) is 20.9. The molecule has 0 radical (unpaired) electrons. The van der Waals surface area contributed by atoms with Crippen LogP contribution in [0.1, 0.15) is 11.8 Å². The summed E-state index contributed by atoms with van der Waals surface area (Å²) in [6.07, 6.45) is -1.55. The normalized spacial score (nSPS) is 24.1. The van der Waals surface area contributed by atoms with Gasteiger partial charge in [0.25, 0.3) is 0 Å². The Morgan fingerprint density at radius 3 is 2.57 bits per heavy atom. The molecular formula is C18H18F2N4O5S. The molecule has 0 spiro atoms. The van der Waals surface area contributed by atoms with Gasteiger partial charge >= 0.3 is 6.61 Å². The predicted octanol–water partition coefficient (Wildman–Crippen LogP) is 1.33. The Kier molecular flexibility index (Phi) is 6.11. The molecule has 3 N–H and O–H groups in total. The molecular weight excluding hydrogens is 422 g/mol. The third-order valence-corrected chi connectivity index (χ3v) is 5.69. The minimum atomic E-state index is -2.87. The Labute approximate surface area is 173 Å². The molecule has 4 rings (SSSR count). The lowest BCUT2D eigenvalue weighted by molar-refractivity contribution is -0.0511. The minimum absolute atomic E-state index is 0.0837. The fraction of sp³-hybridized carbons (Fsp3) is 0.389. The second-order valence-electron chi connectivity index (χ2n) is 6.54. The lowest BCUT2D eigenvalue weighted by atomic mass is 10.1. The maximum absolute atomic E-state index is 12.2. The van der Waals surface area contributed by atoms with Gasteiger partial charge < -0.3 is 24.8 Å². The van der Waals surface area contributed by atoms with E-state index in [2.05, 4.69) is 19.7 Å². The van der Waals surface area contributed by atoms with Gasteiger partial charge in [-0.15, -0.1) is 0 Å². The molecule has 2 aromatic heterocycles. The van der Waals surface area contributed by atoms with Crippen LogP contribution in [0.4, 0.5) is 8.78 Å². The quantitative estimate of drug-likeness (QED) is 0.369. The van der Waals surface area contributed by atoms with Crippen LogP contribution in [0.15, 0.2) is 41.9 Å². The first-order chi connectivity index (χ1) is 14.5. The van der Waals surface area contributed by atoms with E-state index in [1.165, 1.54) is 41.1 Å². The van der Waals surface area contributed by atoms with Crippen molar-refractivity contribution in [3.05, 3.63) is 42.5 Å². The van der Waals surface area contributed by atoms with Gasteiger partial charge in [-0.25, -0.2) is 15.0 Å². The highest BCUT2D eigenvalue weighted by Crippen LogP contribution is 2.33. The molecule has 1 aliphatic rings. The number of fused-ring (bicyclic) bond motifs is 1. The number of benzene rings is 1. The fourth-order valence-electron chi connectivity index (χ4n) is 3.15. The molecule has 3 heterocycles. The van der Waals surface area contributed by atoms with Gasteiger partial charge in [0, 0.05) is 5.75 Å². The van der Waals surface area contributed by atoms with E-state index in [1.54, 1.807) is 12.1 Å². The van der Waals surface area contributed by atoms with Gasteiger partial charge in [-0.1, -0.05) is 23.9 Å². The number of aromatic nitrogens is 4. The number of ether oxygens (including phenoxy) is 2. The number of aliphatic hydroxyl groups excluding tert-OH is 3. The molecule has 30 heavy (non-hydrogen) atoms. The van der Waals surface area contributed by atoms with E-state index in [9.17, 15) is 24.1 Å². The Morgan fingerprint density at radius 1 is 1.13 bits per heavy atom. The summed E-state index contributed by atoms with van der Waals surface area (Å²) >= 11 is 1.38. The molecule has 1 aromatic carbocycles. The molecule has 1 aliphatic heterocycles. The SMILES string of the molecule is OC[C@H]1O[C@@H](n2cnc3c(SCc4ccc(OC(F)F)cc4)ncnc32)[C@H](O)[C@@H]1O. The molecule has 0 aliphatic carbocycles. The van der Waals surface area contributed by atoms with Crippen molar-refractivity contribution >= 4 is 22.9 Å². The topological polar surface area (TPSA) is 123 Å². The molecule has 3 aromatic rings. The van der Waals surface area contributed by atoms with Crippen LogP contribution in [0.2, 0.25) is 0 Å². The van der Waals surface area contributed by atoms with Crippen molar-refractivity contribution in [2.75, 3.05) is 6.61 Å². The lowest BCUT2D eigenvalue weighted by Crippen LogP contribution is -2.33. The summed E-state index contributed by atoms with van der Waals surface area (Å²) in [6, 6.07) is 6.30. The number of rotatable bonds is 7. The Morgan fingerprint density at radius 2 is 1.90 bits per heavy atom. The van der Waals surface area contributed by atoms with E-state index in [0.717, 1.165) is 5.56 Å². The van der Waals surface area contributed by atoms with Crippen LogP contribution in [0.25, 0.3) is 11.2 Å². The summed E-state index contributed by atoms with van der Waals surface area (Å²) in [5, 5.41) is 30.1. The highest BCUT2D eigenvalue weighted by molar-refractivity contribution is 7.98. The maximum atomic E-state index is 12.2. The van der Waals surface area contributed by atoms with Crippen LogP contribution in [-0.2, 0) is 10.5 Å². The van der Waals surface area contributed by atoms with Gasteiger partial charge in [0.2, 0.25) is 0 Å². The summed E-state index contributed by atoms with van der Waals surface area (Å²) in [7, 11) is 0. The number of halogens is 2. The Bertz CT molecular complexity index is 1010. The van der Waals surface area contributed by atoms with Crippen molar-refractivity contribution in [2.45, 2.75) is 41.9 Å². The average molecular weight is 440 g/mol. The van der Waals surface area contributed by atoms with Gasteiger partial charge in [0.1, 0.15) is 40.9 Å². The number of thioether (sulfide) groups is 1. The van der Waals surface area contributed by atoms with E-state index < -0.39 is 37.8 Å². The first-order valence-electron chi connectivity index (χ1n) is 8.94. The van der Waals surface area contributed by atoms with Crippen LogP contribution < -0.4 is 4.74 Å². The second-order valence-corrected chi connectivity index (χ2v) is 7.51. The van der Waals surface area contributed by atoms with Crippen LogP contribution >= 0.6 is 11.8 Å². The fourth-order valence-corrected chi connectivity index (χ4v) is 4.05. The number of aliphatic hydroxyl groups is 3. The van der Waals surface area contributed by atoms with E-state index in [0.29, 0.717) is 21.9 Å². The van der Waals surface area contributed by atoms with Crippen LogP contribution in [-0.4, -0.2) is 66.4 Å². The molecule has 0 amide bonds. The van der Waals surface area contributed by atoms with Gasteiger partial charge in [-0.05, 0) is 17.7 Å². The molecule has 0 saturated carbocycles. The first-order valence-corrected chi connectivity index (χ1v) is 9.93. The molecule has 0 unspecified atom stereocenters. The van der Waals surface area contributed by atoms with Crippen molar-refractivity contribution in [1.82, 2.24) is 19.5 Å². The van der Waals surface area contributed by atoms with Gasteiger partial charge in [0.15, 0.2) is 11.9 Å².